The van der Waals surface area contributed by atoms with Crippen molar-refractivity contribution in [3.63, 3.8) is 0 Å². The average molecular weight is 400 g/mol. The molecule has 150 valence electrons. The van der Waals surface area contributed by atoms with Crippen LogP contribution in [-0.2, 0) is 4.79 Å². The molecular weight excluding hydrogens is 380 g/mol. The lowest BCUT2D eigenvalue weighted by Gasteiger charge is -2.32. The number of nitrogens with one attached hydrogen (secondary N) is 1. The molecule has 6 rings (SSSR count). The molecular formula is C23H20N4O3. The maximum absolute atomic E-state index is 13.0. The first-order valence-corrected chi connectivity index (χ1v) is 10.2. The molecule has 1 aliphatic carbocycles. The van der Waals surface area contributed by atoms with E-state index in [1.807, 2.05) is 53.2 Å². The van der Waals surface area contributed by atoms with Gasteiger partial charge < -0.3 is 14.8 Å². The Morgan fingerprint density at radius 3 is 2.70 bits per heavy atom. The van der Waals surface area contributed by atoms with Crippen molar-refractivity contribution in [3.8, 4) is 22.9 Å². The fraction of sp³-hybridized carbons (Fsp3) is 0.261. The van der Waals surface area contributed by atoms with Gasteiger partial charge in [0.15, 0.2) is 23.1 Å². The van der Waals surface area contributed by atoms with Crippen LogP contribution >= 0.6 is 0 Å². The van der Waals surface area contributed by atoms with Crippen molar-refractivity contribution in [1.29, 1.82) is 0 Å². The summed E-state index contributed by atoms with van der Waals surface area (Å²) in [4.78, 5) is 17.7. The summed E-state index contributed by atoms with van der Waals surface area (Å²) in [7, 11) is 0. The zero-order valence-electron chi connectivity index (χ0n) is 16.3. The zero-order valence-corrected chi connectivity index (χ0v) is 16.3. The summed E-state index contributed by atoms with van der Waals surface area (Å²) in [5, 5.41) is 8.17. The van der Waals surface area contributed by atoms with Crippen LogP contribution in [0.3, 0.4) is 0 Å². The van der Waals surface area contributed by atoms with E-state index in [1.165, 1.54) is 0 Å². The molecule has 1 N–H and O–H groups in total. The standard InChI is InChI=1S/C23H20N4O3/c28-17-8-4-7-16-20(17)21(15-9-10-18-19(13-15)30-12-11-29-18)27-23(24-16)25-22(26-27)14-5-2-1-3-6-14/h1-3,5-6,9-10,13,21H,4,7-8,11-12H2,(H,24,25,26). The number of rotatable bonds is 2. The van der Waals surface area contributed by atoms with E-state index in [4.69, 9.17) is 19.6 Å². The van der Waals surface area contributed by atoms with Crippen LogP contribution in [0.2, 0.25) is 0 Å². The van der Waals surface area contributed by atoms with Gasteiger partial charge in [0.2, 0.25) is 5.95 Å². The molecule has 0 radical (unpaired) electrons. The minimum atomic E-state index is -0.343. The van der Waals surface area contributed by atoms with Crippen LogP contribution in [0.15, 0.2) is 59.8 Å². The molecule has 30 heavy (non-hydrogen) atoms. The minimum absolute atomic E-state index is 0.158. The van der Waals surface area contributed by atoms with Crippen molar-refractivity contribution < 1.29 is 14.3 Å². The fourth-order valence-electron chi connectivity index (χ4n) is 4.40. The summed E-state index contributed by atoms with van der Waals surface area (Å²) in [5.74, 6) is 2.88. The second-order valence-electron chi connectivity index (χ2n) is 7.67. The number of hydrogen-bond donors (Lipinski definition) is 1. The van der Waals surface area contributed by atoms with E-state index in [9.17, 15) is 4.79 Å². The maximum Gasteiger partial charge on any atom is 0.226 e. The summed E-state index contributed by atoms with van der Waals surface area (Å²) >= 11 is 0. The summed E-state index contributed by atoms with van der Waals surface area (Å²) < 4.78 is 13.3. The third kappa shape index (κ3) is 2.69. The quantitative estimate of drug-likeness (QED) is 0.706. The van der Waals surface area contributed by atoms with Crippen LogP contribution in [0.4, 0.5) is 5.95 Å². The number of anilines is 1. The van der Waals surface area contributed by atoms with E-state index < -0.39 is 0 Å². The molecule has 1 aromatic heterocycles. The van der Waals surface area contributed by atoms with Crippen molar-refractivity contribution in [1.82, 2.24) is 14.8 Å². The Labute approximate surface area is 173 Å². The number of carbonyl (C=O) groups is 1. The number of nitrogens with zero attached hydrogens (tertiary/aromatic N) is 3. The number of ketones is 1. The van der Waals surface area contributed by atoms with Gasteiger partial charge in [-0.1, -0.05) is 36.4 Å². The SMILES string of the molecule is O=C1CCCC2=C1C(c1ccc3c(c1)OCCO3)n1nc(-c3ccccc3)nc1N2. The molecule has 3 aromatic rings. The predicted molar refractivity (Wildman–Crippen MR) is 111 cm³/mol. The molecule has 2 aromatic carbocycles. The lowest BCUT2D eigenvalue weighted by molar-refractivity contribution is -0.116. The van der Waals surface area contributed by atoms with Gasteiger partial charge in [0.05, 0.1) is 0 Å². The third-order valence-electron chi connectivity index (χ3n) is 5.78. The number of hydrogen-bond acceptors (Lipinski definition) is 6. The summed E-state index contributed by atoms with van der Waals surface area (Å²) in [6, 6.07) is 15.4. The zero-order chi connectivity index (χ0) is 20.1. The highest BCUT2D eigenvalue weighted by molar-refractivity contribution is 5.99. The summed E-state index contributed by atoms with van der Waals surface area (Å²) in [6.45, 7) is 1.06. The Bertz CT molecular complexity index is 1180. The van der Waals surface area contributed by atoms with Crippen LogP contribution in [0, 0.1) is 0 Å². The molecule has 0 spiro atoms. The van der Waals surface area contributed by atoms with Gasteiger partial charge >= 0.3 is 0 Å². The van der Waals surface area contributed by atoms with E-state index in [0.717, 1.165) is 41.0 Å². The Hall–Kier alpha value is -3.61. The molecule has 3 aliphatic rings. The van der Waals surface area contributed by atoms with Crippen LogP contribution in [0.25, 0.3) is 11.4 Å². The number of Topliss-reactive ketones (excluding diaryl/α,β-unsaturated/α-hetero) is 1. The lowest BCUT2D eigenvalue weighted by Crippen LogP contribution is -2.31. The first-order chi connectivity index (χ1) is 14.8. The topological polar surface area (TPSA) is 78.3 Å². The molecule has 0 saturated carbocycles. The van der Waals surface area contributed by atoms with Crippen LogP contribution in [0.5, 0.6) is 11.5 Å². The maximum atomic E-state index is 13.0. The van der Waals surface area contributed by atoms with Crippen molar-refractivity contribution in [2.75, 3.05) is 18.5 Å². The number of ether oxygens (including phenoxy) is 2. The largest absolute Gasteiger partial charge is 0.486 e. The van der Waals surface area contributed by atoms with Gasteiger partial charge in [-0.05, 0) is 30.5 Å². The van der Waals surface area contributed by atoms with Crippen molar-refractivity contribution in [3.05, 3.63) is 65.4 Å². The molecule has 7 heteroatoms. The van der Waals surface area contributed by atoms with Gasteiger partial charge in [0.25, 0.3) is 0 Å². The second kappa shape index (κ2) is 6.73. The summed E-state index contributed by atoms with van der Waals surface area (Å²) in [5.41, 5.74) is 3.60. The lowest BCUT2D eigenvalue weighted by atomic mass is 9.85. The molecule has 3 heterocycles. The molecule has 0 bridgehead atoms. The van der Waals surface area contributed by atoms with Crippen molar-refractivity contribution in [2.24, 2.45) is 0 Å². The highest BCUT2D eigenvalue weighted by Gasteiger charge is 2.37. The van der Waals surface area contributed by atoms with Gasteiger partial charge in [0, 0.05) is 23.3 Å². The highest BCUT2D eigenvalue weighted by atomic mass is 16.6. The van der Waals surface area contributed by atoms with Gasteiger partial charge in [0.1, 0.15) is 19.3 Å². The Morgan fingerprint density at radius 1 is 1.00 bits per heavy atom. The minimum Gasteiger partial charge on any atom is -0.486 e. The second-order valence-corrected chi connectivity index (χ2v) is 7.67. The van der Waals surface area contributed by atoms with Gasteiger partial charge in [-0.25, -0.2) is 4.68 Å². The first-order valence-electron chi connectivity index (χ1n) is 10.2. The Morgan fingerprint density at radius 2 is 1.83 bits per heavy atom. The molecule has 1 atom stereocenters. The highest BCUT2D eigenvalue weighted by Crippen LogP contribution is 2.43. The van der Waals surface area contributed by atoms with Crippen molar-refractivity contribution >= 4 is 11.7 Å². The monoisotopic (exact) mass is 400 g/mol. The average Bonchev–Trinajstić information content (AvgIpc) is 3.22. The number of allylic oxidation sites excluding steroid dienone is 2. The first kappa shape index (κ1) is 17.3. The van der Waals surface area contributed by atoms with Crippen molar-refractivity contribution in [2.45, 2.75) is 25.3 Å². The number of carbonyl (C=O) groups excluding carboxylic acids is 1. The van der Waals surface area contributed by atoms with Gasteiger partial charge in [-0.3, -0.25) is 4.79 Å². The molecule has 1 unspecified atom stereocenters. The van der Waals surface area contributed by atoms with Crippen LogP contribution in [0.1, 0.15) is 30.9 Å². The summed E-state index contributed by atoms with van der Waals surface area (Å²) in [6.07, 6.45) is 2.23. The molecule has 7 nitrogen and oxygen atoms in total. The Kier molecular flexibility index (Phi) is 3.87. The third-order valence-corrected chi connectivity index (χ3v) is 5.78. The predicted octanol–water partition coefficient (Wildman–Crippen LogP) is 3.74. The van der Waals surface area contributed by atoms with Gasteiger partial charge in [-0.2, -0.15) is 4.98 Å². The smallest absolute Gasteiger partial charge is 0.226 e. The normalized spacial score (nSPS) is 19.7. The van der Waals surface area contributed by atoms with E-state index in [2.05, 4.69) is 5.32 Å². The van der Waals surface area contributed by atoms with E-state index in [1.54, 1.807) is 0 Å². The number of benzene rings is 2. The van der Waals surface area contributed by atoms with Crippen LogP contribution < -0.4 is 14.8 Å². The number of fused-ring (bicyclic) bond motifs is 2. The van der Waals surface area contributed by atoms with E-state index in [-0.39, 0.29) is 11.8 Å². The van der Waals surface area contributed by atoms with Crippen LogP contribution in [-0.4, -0.2) is 33.8 Å². The molecule has 2 aliphatic heterocycles. The fourth-order valence-corrected chi connectivity index (χ4v) is 4.40. The molecule has 0 saturated heterocycles. The van der Waals surface area contributed by atoms with E-state index in [0.29, 0.717) is 37.2 Å². The van der Waals surface area contributed by atoms with E-state index >= 15 is 0 Å². The Balaban J connectivity index is 1.52. The number of aromatic nitrogens is 3. The molecule has 0 amide bonds. The molecule has 0 fully saturated rings. The van der Waals surface area contributed by atoms with Gasteiger partial charge in [-0.15, -0.1) is 5.10 Å².